The van der Waals surface area contributed by atoms with Crippen molar-refractivity contribution >= 4 is 11.6 Å². The highest BCUT2D eigenvalue weighted by Gasteiger charge is 2.33. The van der Waals surface area contributed by atoms with Gasteiger partial charge >= 0.3 is 6.18 Å². The van der Waals surface area contributed by atoms with E-state index in [1.807, 2.05) is 0 Å². The fourth-order valence-corrected chi connectivity index (χ4v) is 1.23. The van der Waals surface area contributed by atoms with E-state index in [1.165, 1.54) is 12.1 Å². The van der Waals surface area contributed by atoms with Gasteiger partial charge in [0.15, 0.2) is 0 Å². The molecule has 0 amide bonds. The number of azide groups is 1. The highest BCUT2D eigenvalue weighted by atomic mass is 35.5. The van der Waals surface area contributed by atoms with Crippen LogP contribution in [0.3, 0.4) is 0 Å². The van der Waals surface area contributed by atoms with Crippen molar-refractivity contribution in [1.82, 2.24) is 0 Å². The van der Waals surface area contributed by atoms with E-state index in [0.29, 0.717) is 0 Å². The maximum atomic E-state index is 12.5. The van der Waals surface area contributed by atoms with E-state index in [4.69, 9.17) is 17.1 Å². The summed E-state index contributed by atoms with van der Waals surface area (Å²) in [6.07, 6.45) is -4.49. The molecule has 15 heavy (non-hydrogen) atoms. The summed E-state index contributed by atoms with van der Waals surface area (Å²) in [5.74, 6) is 0. The van der Waals surface area contributed by atoms with E-state index in [0.717, 1.165) is 6.07 Å². The monoisotopic (exact) mass is 235 g/mol. The topological polar surface area (TPSA) is 48.8 Å². The number of hydrogen-bond donors (Lipinski definition) is 0. The smallest absolute Gasteiger partial charge is 0.166 e. The van der Waals surface area contributed by atoms with Gasteiger partial charge in [-0.2, -0.15) is 13.2 Å². The average Bonchev–Trinajstić information content (AvgIpc) is 2.14. The second kappa shape index (κ2) is 4.42. The van der Waals surface area contributed by atoms with Crippen molar-refractivity contribution in [1.29, 1.82) is 0 Å². The summed E-state index contributed by atoms with van der Waals surface area (Å²) in [7, 11) is 0. The Bertz CT molecular complexity index is 410. The minimum Gasteiger partial charge on any atom is -0.166 e. The highest BCUT2D eigenvalue weighted by molar-refractivity contribution is 6.30. The number of hydrogen-bond acceptors (Lipinski definition) is 1. The van der Waals surface area contributed by atoms with Gasteiger partial charge in [0.2, 0.25) is 0 Å². The second-order valence-electron chi connectivity index (χ2n) is 2.69. The molecular formula is C8H5ClF3N3. The van der Waals surface area contributed by atoms with Crippen LogP contribution in [0.15, 0.2) is 23.3 Å². The third-order valence-corrected chi connectivity index (χ3v) is 1.92. The van der Waals surface area contributed by atoms with Crippen LogP contribution in [-0.4, -0.2) is 0 Å². The number of rotatable bonds is 2. The molecule has 0 spiro atoms. The van der Waals surface area contributed by atoms with Crippen LogP contribution in [0.5, 0.6) is 0 Å². The predicted molar refractivity (Wildman–Crippen MR) is 49.3 cm³/mol. The number of benzene rings is 1. The Balaban J connectivity index is 3.20. The molecule has 1 aromatic carbocycles. The maximum absolute atomic E-state index is 12.5. The first-order valence-electron chi connectivity index (χ1n) is 3.81. The molecule has 80 valence electrons. The summed E-state index contributed by atoms with van der Waals surface area (Å²) in [5.41, 5.74) is 7.06. The van der Waals surface area contributed by atoms with Crippen molar-refractivity contribution in [3.8, 4) is 0 Å². The van der Waals surface area contributed by atoms with E-state index in [-0.39, 0.29) is 17.1 Å². The average molecular weight is 236 g/mol. The first kappa shape index (κ1) is 11.7. The van der Waals surface area contributed by atoms with Gasteiger partial charge in [-0.25, -0.2) is 0 Å². The van der Waals surface area contributed by atoms with Crippen molar-refractivity contribution in [2.45, 2.75) is 12.7 Å². The number of nitrogens with zero attached hydrogens (tertiary/aromatic N) is 3. The molecule has 0 heterocycles. The zero-order valence-corrected chi connectivity index (χ0v) is 8.05. The standard InChI is InChI=1S/C8H5ClF3N3/c9-6-2-1-5(4-14-15-13)7(3-6)8(10,11)12/h1-3H,4H2. The molecule has 0 fully saturated rings. The van der Waals surface area contributed by atoms with Crippen LogP contribution in [0.1, 0.15) is 11.1 Å². The zero-order chi connectivity index (χ0) is 11.5. The molecule has 1 aromatic rings. The van der Waals surface area contributed by atoms with Gasteiger partial charge in [-0.3, -0.25) is 0 Å². The molecule has 0 aliphatic rings. The number of alkyl halides is 3. The molecule has 0 aliphatic heterocycles. The van der Waals surface area contributed by atoms with Gasteiger partial charge in [0.1, 0.15) is 0 Å². The molecule has 7 heteroatoms. The molecule has 0 N–H and O–H groups in total. The van der Waals surface area contributed by atoms with Crippen LogP contribution >= 0.6 is 11.6 Å². The first-order chi connectivity index (χ1) is 6.95. The summed E-state index contributed by atoms with van der Waals surface area (Å²) >= 11 is 5.45. The fraction of sp³-hybridized carbons (Fsp3) is 0.250. The quantitative estimate of drug-likeness (QED) is 0.420. The Morgan fingerprint density at radius 2 is 2.07 bits per heavy atom. The van der Waals surface area contributed by atoms with Crippen molar-refractivity contribution < 1.29 is 13.2 Å². The van der Waals surface area contributed by atoms with Crippen LogP contribution in [-0.2, 0) is 12.7 Å². The van der Waals surface area contributed by atoms with Crippen LogP contribution in [0.2, 0.25) is 5.02 Å². The molecule has 0 saturated carbocycles. The summed E-state index contributed by atoms with van der Waals surface area (Å²) in [5, 5.41) is 3.08. The van der Waals surface area contributed by atoms with Gasteiger partial charge < -0.3 is 0 Å². The third kappa shape index (κ3) is 3.04. The summed E-state index contributed by atoms with van der Waals surface area (Å²) in [6, 6.07) is 3.32. The molecule has 0 radical (unpaired) electrons. The second-order valence-corrected chi connectivity index (χ2v) is 3.12. The van der Waals surface area contributed by atoms with Crippen molar-refractivity contribution in [3.05, 3.63) is 44.8 Å². The Morgan fingerprint density at radius 3 is 2.60 bits per heavy atom. The molecule has 0 bridgehead atoms. The normalized spacial score (nSPS) is 10.9. The minimum absolute atomic E-state index is 0.00740. The largest absolute Gasteiger partial charge is 0.416 e. The SMILES string of the molecule is [N-]=[N+]=NCc1ccc(Cl)cc1C(F)(F)F. The van der Waals surface area contributed by atoms with E-state index in [1.54, 1.807) is 0 Å². The third-order valence-electron chi connectivity index (χ3n) is 1.68. The van der Waals surface area contributed by atoms with Gasteiger partial charge in [-0.15, -0.1) is 0 Å². The molecule has 3 nitrogen and oxygen atoms in total. The molecule has 0 unspecified atom stereocenters. The summed E-state index contributed by atoms with van der Waals surface area (Å²) < 4.78 is 37.4. The van der Waals surface area contributed by atoms with Crippen LogP contribution in [0, 0.1) is 0 Å². The van der Waals surface area contributed by atoms with E-state index in [2.05, 4.69) is 10.0 Å². The maximum Gasteiger partial charge on any atom is 0.416 e. The highest BCUT2D eigenvalue weighted by Crippen LogP contribution is 2.34. The predicted octanol–water partition coefficient (Wildman–Crippen LogP) is 4.17. The van der Waals surface area contributed by atoms with Crippen molar-refractivity contribution in [2.24, 2.45) is 5.11 Å². The van der Waals surface area contributed by atoms with Gasteiger partial charge in [0, 0.05) is 9.93 Å². The Hall–Kier alpha value is -1.39. The Labute approximate surface area is 88.1 Å². The van der Waals surface area contributed by atoms with E-state index >= 15 is 0 Å². The lowest BCUT2D eigenvalue weighted by molar-refractivity contribution is -0.138. The van der Waals surface area contributed by atoms with Crippen LogP contribution < -0.4 is 0 Å². The molecule has 0 aliphatic carbocycles. The first-order valence-corrected chi connectivity index (χ1v) is 4.19. The van der Waals surface area contributed by atoms with Gasteiger partial charge in [0.05, 0.1) is 12.1 Å². The molecule has 0 aromatic heterocycles. The lowest BCUT2D eigenvalue weighted by atomic mass is 10.1. The lowest BCUT2D eigenvalue weighted by Gasteiger charge is -2.11. The molecule has 1 rings (SSSR count). The Kier molecular flexibility index (Phi) is 3.44. The molecule has 0 atom stereocenters. The molecule has 0 saturated heterocycles. The van der Waals surface area contributed by atoms with Gasteiger partial charge in [0.25, 0.3) is 0 Å². The van der Waals surface area contributed by atoms with Crippen molar-refractivity contribution in [3.63, 3.8) is 0 Å². The van der Waals surface area contributed by atoms with Crippen molar-refractivity contribution in [2.75, 3.05) is 0 Å². The lowest BCUT2D eigenvalue weighted by Crippen LogP contribution is -2.08. The molecular weight excluding hydrogens is 231 g/mol. The van der Waals surface area contributed by atoms with E-state index in [9.17, 15) is 13.2 Å². The van der Waals surface area contributed by atoms with E-state index < -0.39 is 11.7 Å². The fourth-order valence-electron chi connectivity index (χ4n) is 1.06. The van der Waals surface area contributed by atoms with Crippen LogP contribution in [0.25, 0.3) is 10.4 Å². The Morgan fingerprint density at radius 1 is 1.40 bits per heavy atom. The minimum atomic E-state index is -4.49. The zero-order valence-electron chi connectivity index (χ0n) is 7.29. The van der Waals surface area contributed by atoms with Gasteiger partial charge in [-0.05, 0) is 23.2 Å². The number of halogens is 4. The summed E-state index contributed by atoms with van der Waals surface area (Å²) in [6.45, 7) is -0.345. The summed E-state index contributed by atoms with van der Waals surface area (Å²) in [4.78, 5) is 2.40. The van der Waals surface area contributed by atoms with Gasteiger partial charge in [-0.1, -0.05) is 22.8 Å². The van der Waals surface area contributed by atoms with Crippen LogP contribution in [0.4, 0.5) is 13.2 Å².